The molecule has 1 N–H and O–H groups in total. The Labute approximate surface area is 101 Å². The minimum atomic E-state index is -0.0624. The van der Waals surface area contributed by atoms with Crippen LogP contribution in [0.5, 0.6) is 0 Å². The number of hydrogen-bond acceptors (Lipinski definition) is 3. The SMILES string of the molecule is OCc1nnn(Cc2ccccc2)c1[125I]. The summed E-state index contributed by atoms with van der Waals surface area (Å²) in [5, 5.41) is 16.8. The molecule has 2 rings (SSSR count). The first kappa shape index (κ1) is 10.6. The molecular weight excluding hydrogens is 303 g/mol. The Morgan fingerprint density at radius 1 is 1.27 bits per heavy atom. The van der Waals surface area contributed by atoms with Crippen LogP contribution in [0.1, 0.15) is 11.3 Å². The second kappa shape index (κ2) is 4.71. The van der Waals surface area contributed by atoms with Gasteiger partial charge in [-0.25, -0.2) is 4.68 Å². The molecule has 0 spiro atoms. The highest BCUT2D eigenvalue weighted by Crippen LogP contribution is 2.11. The highest BCUT2D eigenvalue weighted by Gasteiger charge is 2.08. The van der Waals surface area contributed by atoms with Gasteiger partial charge in [-0.05, 0) is 28.2 Å². The van der Waals surface area contributed by atoms with E-state index in [9.17, 15) is 0 Å². The van der Waals surface area contributed by atoms with Gasteiger partial charge in [-0.1, -0.05) is 35.5 Å². The molecule has 1 aromatic heterocycles. The summed E-state index contributed by atoms with van der Waals surface area (Å²) in [7, 11) is 0. The van der Waals surface area contributed by atoms with Crippen molar-refractivity contribution in [3.63, 3.8) is 0 Å². The molecule has 2 aromatic rings. The molecule has 15 heavy (non-hydrogen) atoms. The van der Waals surface area contributed by atoms with Crippen molar-refractivity contribution in [2.75, 3.05) is 0 Å². The molecule has 78 valence electrons. The van der Waals surface area contributed by atoms with Crippen molar-refractivity contribution in [3.8, 4) is 0 Å². The largest absolute Gasteiger partial charge is 0.390 e. The van der Waals surface area contributed by atoms with Crippen LogP contribution in [0.25, 0.3) is 0 Å². The Morgan fingerprint density at radius 3 is 2.60 bits per heavy atom. The van der Waals surface area contributed by atoms with E-state index in [-0.39, 0.29) is 6.61 Å². The minimum absolute atomic E-state index is 0.0624. The fourth-order valence-corrected chi connectivity index (χ4v) is 1.84. The van der Waals surface area contributed by atoms with E-state index in [2.05, 4.69) is 32.9 Å². The van der Waals surface area contributed by atoms with Gasteiger partial charge in [0.25, 0.3) is 0 Å². The smallest absolute Gasteiger partial charge is 0.125 e. The predicted molar refractivity (Wildman–Crippen MR) is 64.2 cm³/mol. The Hall–Kier alpha value is -0.950. The summed E-state index contributed by atoms with van der Waals surface area (Å²) in [6.07, 6.45) is 0. The third-order valence-electron chi connectivity index (χ3n) is 2.06. The Balaban J connectivity index is 2.21. The van der Waals surface area contributed by atoms with Crippen molar-refractivity contribution < 1.29 is 5.11 Å². The first-order chi connectivity index (χ1) is 7.31. The maximum absolute atomic E-state index is 8.98. The first-order valence-corrected chi connectivity index (χ1v) is 5.62. The standard InChI is InChI=1S/C10H10IN3O/c11-10-9(7-15)12-13-14(10)6-8-4-2-1-3-5-8/h1-5,15H,6-7H2/i11-2. The molecule has 0 atom stereocenters. The summed E-state index contributed by atoms with van der Waals surface area (Å²) in [6, 6.07) is 10.0. The van der Waals surface area contributed by atoms with Crippen LogP contribution in [-0.4, -0.2) is 20.1 Å². The van der Waals surface area contributed by atoms with Gasteiger partial charge in [0, 0.05) is 0 Å². The second-order valence-corrected chi connectivity index (χ2v) is 4.15. The number of nitrogens with zero attached hydrogens (tertiary/aromatic N) is 3. The van der Waals surface area contributed by atoms with Gasteiger partial charge in [0.2, 0.25) is 0 Å². The van der Waals surface area contributed by atoms with Gasteiger partial charge >= 0.3 is 0 Å². The molecule has 0 fully saturated rings. The molecule has 4 nitrogen and oxygen atoms in total. The van der Waals surface area contributed by atoms with Gasteiger partial charge in [-0.3, -0.25) is 0 Å². The van der Waals surface area contributed by atoms with Gasteiger partial charge < -0.3 is 5.11 Å². The lowest BCUT2D eigenvalue weighted by Gasteiger charge is -2.01. The van der Waals surface area contributed by atoms with Crippen molar-refractivity contribution in [1.82, 2.24) is 15.0 Å². The predicted octanol–water partition coefficient (Wildman–Crippen LogP) is 1.42. The number of aliphatic hydroxyl groups excluding tert-OH is 1. The van der Waals surface area contributed by atoms with Gasteiger partial charge in [-0.15, -0.1) is 5.10 Å². The Bertz CT molecular complexity index is 441. The summed E-state index contributed by atoms with van der Waals surface area (Å²) in [5.41, 5.74) is 1.80. The zero-order valence-electron chi connectivity index (χ0n) is 7.97. The number of aliphatic hydroxyl groups is 1. The van der Waals surface area contributed by atoms with Crippen LogP contribution in [0.3, 0.4) is 0 Å². The van der Waals surface area contributed by atoms with Crippen LogP contribution in [0.15, 0.2) is 30.3 Å². The van der Waals surface area contributed by atoms with Crippen LogP contribution >= 0.6 is 22.6 Å². The van der Waals surface area contributed by atoms with Crippen molar-refractivity contribution in [2.45, 2.75) is 13.2 Å². The zero-order valence-corrected chi connectivity index (χ0v) is 10.1. The molecule has 0 radical (unpaired) electrons. The van der Waals surface area contributed by atoms with E-state index in [1.807, 2.05) is 30.3 Å². The molecule has 0 unspecified atom stereocenters. The fourth-order valence-electron chi connectivity index (χ4n) is 1.29. The minimum Gasteiger partial charge on any atom is -0.390 e. The van der Waals surface area contributed by atoms with Crippen LogP contribution < -0.4 is 0 Å². The number of hydrogen-bond donors (Lipinski definition) is 1. The van der Waals surface area contributed by atoms with E-state index in [4.69, 9.17) is 5.11 Å². The molecule has 0 bridgehead atoms. The normalized spacial score (nSPS) is 10.5. The van der Waals surface area contributed by atoms with E-state index < -0.39 is 0 Å². The highest BCUT2D eigenvalue weighted by atomic mass is 125. The van der Waals surface area contributed by atoms with Gasteiger partial charge in [0.05, 0.1) is 13.2 Å². The van der Waals surface area contributed by atoms with Gasteiger partial charge in [0.15, 0.2) is 0 Å². The number of aromatic nitrogens is 3. The topological polar surface area (TPSA) is 50.9 Å². The number of rotatable bonds is 3. The summed E-state index contributed by atoms with van der Waals surface area (Å²) < 4.78 is 2.67. The average Bonchev–Trinajstić information content (AvgIpc) is 2.62. The molecular formula is C10H10IN3O. The van der Waals surface area contributed by atoms with Crippen LogP contribution in [0.4, 0.5) is 0 Å². The number of benzene rings is 1. The van der Waals surface area contributed by atoms with E-state index in [1.54, 1.807) is 4.68 Å². The second-order valence-electron chi connectivity index (χ2n) is 3.13. The first-order valence-electron chi connectivity index (χ1n) is 4.54. The lowest BCUT2D eigenvalue weighted by atomic mass is 10.2. The van der Waals surface area contributed by atoms with E-state index in [0.29, 0.717) is 12.2 Å². The summed E-state index contributed by atoms with van der Waals surface area (Å²) in [6.45, 7) is 0.624. The quantitative estimate of drug-likeness (QED) is 0.872. The van der Waals surface area contributed by atoms with Crippen LogP contribution in [0.2, 0.25) is 0 Å². The molecule has 0 aliphatic carbocycles. The fraction of sp³-hybridized carbons (Fsp3) is 0.200. The van der Waals surface area contributed by atoms with Crippen molar-refractivity contribution in [1.29, 1.82) is 0 Å². The molecule has 0 aliphatic heterocycles. The van der Waals surface area contributed by atoms with Crippen molar-refractivity contribution >= 4 is 22.6 Å². The lowest BCUT2D eigenvalue weighted by Crippen LogP contribution is -2.04. The molecule has 0 saturated heterocycles. The maximum Gasteiger partial charge on any atom is 0.125 e. The average molecular weight is 313 g/mol. The Kier molecular flexibility index (Phi) is 3.32. The summed E-state index contributed by atoms with van der Waals surface area (Å²) >= 11 is 2.14. The van der Waals surface area contributed by atoms with E-state index in [0.717, 1.165) is 3.70 Å². The van der Waals surface area contributed by atoms with Crippen molar-refractivity contribution in [3.05, 3.63) is 45.3 Å². The molecule has 5 heteroatoms. The molecule has 0 amide bonds. The van der Waals surface area contributed by atoms with Crippen molar-refractivity contribution in [2.24, 2.45) is 0 Å². The summed E-state index contributed by atoms with van der Waals surface area (Å²) in [5.74, 6) is 0. The lowest BCUT2D eigenvalue weighted by molar-refractivity contribution is 0.275. The van der Waals surface area contributed by atoms with Crippen LogP contribution in [-0.2, 0) is 13.2 Å². The van der Waals surface area contributed by atoms with Gasteiger partial charge in [-0.2, -0.15) is 0 Å². The molecule has 0 aliphatic rings. The molecule has 1 aromatic carbocycles. The van der Waals surface area contributed by atoms with E-state index >= 15 is 0 Å². The van der Waals surface area contributed by atoms with Gasteiger partial charge in [0.1, 0.15) is 9.39 Å². The zero-order chi connectivity index (χ0) is 10.7. The molecule has 1 heterocycles. The highest BCUT2D eigenvalue weighted by molar-refractivity contribution is 14.1. The third kappa shape index (κ3) is 2.35. The van der Waals surface area contributed by atoms with Crippen LogP contribution in [0, 0.1) is 3.70 Å². The maximum atomic E-state index is 8.98. The monoisotopic (exact) mass is 313 g/mol. The van der Waals surface area contributed by atoms with E-state index in [1.165, 1.54) is 5.56 Å². The Morgan fingerprint density at radius 2 is 2.00 bits per heavy atom. The third-order valence-corrected chi connectivity index (χ3v) is 3.24. The molecule has 0 saturated carbocycles. The summed E-state index contributed by atoms with van der Waals surface area (Å²) in [4.78, 5) is 0. The number of halogens is 1.